The number of Topliss-reactive ketones (excluding diaryl/α,β-unsaturated/α-hetero) is 1. The molecule has 1 nitrogen and oxygen atoms in total. The summed E-state index contributed by atoms with van der Waals surface area (Å²) in [7, 11) is 0. The zero-order chi connectivity index (χ0) is 12.3. The fourth-order valence-corrected chi connectivity index (χ4v) is 1.83. The van der Waals surface area contributed by atoms with Crippen LogP contribution in [0.5, 0.6) is 0 Å². The Balaban J connectivity index is 3.14. The number of carbonyl (C=O) groups is 1. The molecule has 88 valence electrons. The number of thiol groups is 1. The first-order valence-corrected chi connectivity index (χ1v) is 6.24. The Bertz CT molecular complexity index is 388. The van der Waals surface area contributed by atoms with E-state index in [4.69, 9.17) is 0 Å². The molecule has 0 aliphatic rings. The van der Waals surface area contributed by atoms with Gasteiger partial charge in [-0.1, -0.05) is 32.9 Å². The van der Waals surface area contributed by atoms with Gasteiger partial charge < -0.3 is 0 Å². The molecule has 0 bridgehead atoms. The minimum Gasteiger partial charge on any atom is -0.294 e. The van der Waals surface area contributed by atoms with E-state index >= 15 is 0 Å². The lowest BCUT2D eigenvalue weighted by atomic mass is 9.84. The van der Waals surface area contributed by atoms with Gasteiger partial charge in [0.1, 0.15) is 0 Å². The summed E-state index contributed by atoms with van der Waals surface area (Å²) in [6, 6.07) is 6.17. The summed E-state index contributed by atoms with van der Waals surface area (Å²) in [5.41, 5.74) is 3.20. The Morgan fingerprint density at radius 3 is 2.44 bits per heavy atom. The zero-order valence-electron chi connectivity index (χ0n) is 10.5. The highest BCUT2D eigenvalue weighted by Crippen LogP contribution is 2.25. The van der Waals surface area contributed by atoms with Crippen molar-refractivity contribution < 1.29 is 4.79 Å². The summed E-state index contributed by atoms with van der Waals surface area (Å²) < 4.78 is 0. The molecule has 0 aliphatic carbocycles. The van der Waals surface area contributed by atoms with Crippen molar-refractivity contribution in [1.82, 2.24) is 0 Å². The Morgan fingerprint density at radius 2 is 1.94 bits per heavy atom. The van der Waals surface area contributed by atoms with E-state index in [1.54, 1.807) is 0 Å². The normalized spacial score (nSPS) is 11.6. The molecule has 0 aromatic heterocycles. The molecular weight excluding hydrogens is 216 g/mol. The van der Waals surface area contributed by atoms with Crippen molar-refractivity contribution in [2.75, 3.05) is 5.75 Å². The maximum atomic E-state index is 11.9. The molecule has 0 saturated carbocycles. The molecule has 0 heterocycles. The highest BCUT2D eigenvalue weighted by molar-refractivity contribution is 7.80. The lowest BCUT2D eigenvalue weighted by molar-refractivity contribution is 0.0989. The minimum absolute atomic E-state index is 0.0870. The highest BCUT2D eigenvalue weighted by atomic mass is 32.1. The summed E-state index contributed by atoms with van der Waals surface area (Å²) >= 11 is 4.11. The van der Waals surface area contributed by atoms with Crippen molar-refractivity contribution in [3.8, 4) is 0 Å². The zero-order valence-corrected chi connectivity index (χ0v) is 11.4. The molecule has 2 heteroatoms. The fourth-order valence-electron chi connectivity index (χ4n) is 1.63. The van der Waals surface area contributed by atoms with Gasteiger partial charge in [0, 0.05) is 12.0 Å². The predicted octanol–water partition coefficient (Wildman–Crippen LogP) is 3.80. The molecule has 0 aliphatic heterocycles. The summed E-state index contributed by atoms with van der Waals surface area (Å²) in [6.07, 6.45) is 0.511. The van der Waals surface area contributed by atoms with Crippen LogP contribution < -0.4 is 0 Å². The van der Waals surface area contributed by atoms with Gasteiger partial charge in [-0.05, 0) is 35.3 Å². The van der Waals surface area contributed by atoms with E-state index in [2.05, 4.69) is 39.5 Å². The van der Waals surface area contributed by atoms with Gasteiger partial charge in [-0.25, -0.2) is 0 Å². The van der Waals surface area contributed by atoms with Crippen LogP contribution in [0.1, 0.15) is 48.7 Å². The molecule has 0 atom stereocenters. The van der Waals surface area contributed by atoms with Gasteiger partial charge in [0.25, 0.3) is 0 Å². The van der Waals surface area contributed by atoms with Crippen LogP contribution in [0.2, 0.25) is 0 Å². The van der Waals surface area contributed by atoms with Crippen LogP contribution in [0.15, 0.2) is 18.2 Å². The third-order valence-corrected chi connectivity index (χ3v) is 2.97. The quantitative estimate of drug-likeness (QED) is 0.624. The van der Waals surface area contributed by atoms with E-state index < -0.39 is 0 Å². The van der Waals surface area contributed by atoms with Gasteiger partial charge >= 0.3 is 0 Å². The van der Waals surface area contributed by atoms with Crippen LogP contribution in [0.4, 0.5) is 0 Å². The second-order valence-corrected chi connectivity index (χ2v) is 5.62. The molecule has 0 radical (unpaired) electrons. The van der Waals surface area contributed by atoms with Gasteiger partial charge in [-0.2, -0.15) is 12.6 Å². The lowest BCUT2D eigenvalue weighted by Crippen LogP contribution is -2.13. The standard InChI is InChI=1S/C14H20OS/c1-10-5-6-11(14(2,3)4)9-12(10)13(15)7-8-16/h5-6,9,16H,7-8H2,1-4H3. The first-order chi connectivity index (χ1) is 7.36. The summed E-state index contributed by atoms with van der Waals surface area (Å²) in [6.45, 7) is 8.46. The molecule has 0 amide bonds. The van der Waals surface area contributed by atoms with Crippen molar-refractivity contribution in [1.29, 1.82) is 0 Å². The van der Waals surface area contributed by atoms with Crippen LogP contribution in [0.3, 0.4) is 0 Å². The van der Waals surface area contributed by atoms with Crippen molar-refractivity contribution >= 4 is 18.4 Å². The number of ketones is 1. The van der Waals surface area contributed by atoms with E-state index in [1.165, 1.54) is 5.56 Å². The van der Waals surface area contributed by atoms with Crippen LogP contribution in [-0.2, 0) is 5.41 Å². The van der Waals surface area contributed by atoms with Gasteiger partial charge in [-0.3, -0.25) is 4.79 Å². The van der Waals surface area contributed by atoms with Crippen molar-refractivity contribution in [2.24, 2.45) is 0 Å². The van der Waals surface area contributed by atoms with Crippen molar-refractivity contribution in [2.45, 2.75) is 39.5 Å². The van der Waals surface area contributed by atoms with Crippen LogP contribution >= 0.6 is 12.6 Å². The van der Waals surface area contributed by atoms with Crippen LogP contribution in [0.25, 0.3) is 0 Å². The third-order valence-electron chi connectivity index (χ3n) is 2.74. The Hall–Kier alpha value is -0.760. The largest absolute Gasteiger partial charge is 0.294 e. The van der Waals surface area contributed by atoms with Crippen molar-refractivity contribution in [3.05, 3.63) is 34.9 Å². The molecule has 1 rings (SSSR count). The summed E-state index contributed by atoms with van der Waals surface area (Å²) in [5.74, 6) is 0.802. The molecule has 0 N–H and O–H groups in total. The molecule has 0 fully saturated rings. The average molecular weight is 236 g/mol. The van der Waals surface area contributed by atoms with E-state index in [9.17, 15) is 4.79 Å². The maximum Gasteiger partial charge on any atom is 0.163 e. The van der Waals surface area contributed by atoms with Gasteiger partial charge in [-0.15, -0.1) is 0 Å². The molecule has 0 saturated heterocycles. The van der Waals surface area contributed by atoms with Gasteiger partial charge in [0.2, 0.25) is 0 Å². The average Bonchev–Trinajstić information content (AvgIpc) is 2.16. The minimum atomic E-state index is 0.0870. The Kier molecular flexibility index (Phi) is 4.20. The molecule has 1 aromatic carbocycles. The number of rotatable bonds is 3. The lowest BCUT2D eigenvalue weighted by Gasteiger charge is -2.20. The van der Waals surface area contributed by atoms with E-state index in [0.29, 0.717) is 12.2 Å². The van der Waals surface area contributed by atoms with Crippen LogP contribution in [0, 0.1) is 6.92 Å². The van der Waals surface area contributed by atoms with Crippen molar-refractivity contribution in [3.63, 3.8) is 0 Å². The summed E-state index contributed by atoms with van der Waals surface area (Å²) in [4.78, 5) is 11.9. The van der Waals surface area contributed by atoms with Gasteiger partial charge in [0.05, 0.1) is 0 Å². The topological polar surface area (TPSA) is 17.1 Å². The first-order valence-electron chi connectivity index (χ1n) is 5.61. The van der Waals surface area contributed by atoms with E-state index in [1.807, 2.05) is 19.1 Å². The highest BCUT2D eigenvalue weighted by Gasteiger charge is 2.16. The number of carbonyl (C=O) groups excluding carboxylic acids is 1. The molecule has 1 aromatic rings. The monoisotopic (exact) mass is 236 g/mol. The number of benzene rings is 1. The summed E-state index contributed by atoms with van der Waals surface area (Å²) in [5, 5.41) is 0. The maximum absolute atomic E-state index is 11.9. The number of hydrogen-bond donors (Lipinski definition) is 1. The molecular formula is C14H20OS. The molecule has 0 unspecified atom stereocenters. The van der Waals surface area contributed by atoms with E-state index in [-0.39, 0.29) is 11.2 Å². The second kappa shape index (κ2) is 5.05. The van der Waals surface area contributed by atoms with Crippen LogP contribution in [-0.4, -0.2) is 11.5 Å². The first kappa shape index (κ1) is 13.3. The predicted molar refractivity (Wildman–Crippen MR) is 72.7 cm³/mol. The van der Waals surface area contributed by atoms with E-state index in [0.717, 1.165) is 11.1 Å². The molecule has 16 heavy (non-hydrogen) atoms. The second-order valence-electron chi connectivity index (χ2n) is 5.18. The fraction of sp³-hybridized carbons (Fsp3) is 0.500. The molecule has 0 spiro atoms. The number of hydrogen-bond acceptors (Lipinski definition) is 2. The Labute approximate surface area is 104 Å². The van der Waals surface area contributed by atoms with Gasteiger partial charge in [0.15, 0.2) is 5.78 Å². The number of aryl methyl sites for hydroxylation is 1. The Morgan fingerprint density at radius 1 is 1.31 bits per heavy atom. The SMILES string of the molecule is Cc1ccc(C(C)(C)C)cc1C(=O)CCS. The smallest absolute Gasteiger partial charge is 0.163 e. The third kappa shape index (κ3) is 3.11.